The van der Waals surface area contributed by atoms with Crippen molar-refractivity contribution in [1.82, 2.24) is 15.5 Å². The van der Waals surface area contributed by atoms with Gasteiger partial charge < -0.3 is 5.32 Å². The Morgan fingerprint density at radius 1 is 1.28 bits per heavy atom. The zero-order valence-corrected chi connectivity index (χ0v) is 12.1. The van der Waals surface area contributed by atoms with E-state index in [1.165, 1.54) is 5.56 Å². The van der Waals surface area contributed by atoms with Crippen LogP contribution in [-0.4, -0.2) is 16.7 Å². The topological polar surface area (TPSA) is 37.8 Å². The SMILES string of the molecule is CCNC(C)c1nnc(Cc2ccc(Cl)cc2)s1. The number of rotatable bonds is 5. The first-order valence-electron chi connectivity index (χ1n) is 5.99. The van der Waals surface area contributed by atoms with Crippen LogP contribution in [0.4, 0.5) is 0 Å². The molecule has 0 spiro atoms. The van der Waals surface area contributed by atoms with Gasteiger partial charge in [-0.25, -0.2) is 0 Å². The van der Waals surface area contributed by atoms with E-state index < -0.39 is 0 Å². The van der Waals surface area contributed by atoms with Crippen LogP contribution >= 0.6 is 22.9 Å². The van der Waals surface area contributed by atoms with E-state index in [0.717, 1.165) is 28.0 Å². The minimum absolute atomic E-state index is 0.270. The van der Waals surface area contributed by atoms with Gasteiger partial charge in [-0.1, -0.05) is 42.0 Å². The van der Waals surface area contributed by atoms with Crippen LogP contribution in [0.1, 0.15) is 35.5 Å². The third kappa shape index (κ3) is 3.51. The number of aromatic nitrogens is 2. The molecule has 0 radical (unpaired) electrons. The summed E-state index contributed by atoms with van der Waals surface area (Å²) in [6.45, 7) is 5.13. The summed E-state index contributed by atoms with van der Waals surface area (Å²) in [6.07, 6.45) is 0.813. The molecular weight excluding hydrogens is 266 g/mol. The van der Waals surface area contributed by atoms with Crippen LogP contribution in [0.3, 0.4) is 0 Å². The molecule has 1 heterocycles. The van der Waals surface area contributed by atoms with Gasteiger partial charge in [0.1, 0.15) is 10.0 Å². The largest absolute Gasteiger partial charge is 0.308 e. The third-order valence-electron chi connectivity index (χ3n) is 2.63. The van der Waals surface area contributed by atoms with Crippen LogP contribution in [0.15, 0.2) is 24.3 Å². The molecule has 18 heavy (non-hydrogen) atoms. The molecule has 1 unspecified atom stereocenters. The molecule has 0 aliphatic carbocycles. The lowest BCUT2D eigenvalue weighted by molar-refractivity contribution is 0.589. The van der Waals surface area contributed by atoms with Crippen LogP contribution in [-0.2, 0) is 6.42 Å². The first-order valence-corrected chi connectivity index (χ1v) is 7.18. The van der Waals surface area contributed by atoms with Crippen molar-refractivity contribution in [3.8, 4) is 0 Å². The van der Waals surface area contributed by atoms with Crippen molar-refractivity contribution in [2.45, 2.75) is 26.3 Å². The lowest BCUT2D eigenvalue weighted by Crippen LogP contribution is -2.17. The molecule has 0 aliphatic heterocycles. The second kappa shape index (κ2) is 6.27. The van der Waals surface area contributed by atoms with Crippen molar-refractivity contribution in [1.29, 1.82) is 0 Å². The Bertz CT molecular complexity index is 495. The number of hydrogen-bond donors (Lipinski definition) is 1. The minimum atomic E-state index is 0.270. The van der Waals surface area contributed by atoms with E-state index in [4.69, 9.17) is 11.6 Å². The molecule has 1 N–H and O–H groups in total. The summed E-state index contributed by atoms with van der Waals surface area (Å²) < 4.78 is 0. The standard InChI is InChI=1S/C13H16ClN3S/c1-3-15-9(2)13-17-16-12(18-13)8-10-4-6-11(14)7-5-10/h4-7,9,15H,3,8H2,1-2H3. The number of nitrogens with one attached hydrogen (secondary N) is 1. The molecule has 0 saturated heterocycles. The van der Waals surface area contributed by atoms with Gasteiger partial charge in [0.05, 0.1) is 6.04 Å². The predicted octanol–water partition coefficient (Wildman–Crippen LogP) is 3.45. The first-order chi connectivity index (χ1) is 8.69. The van der Waals surface area contributed by atoms with Crippen molar-refractivity contribution in [2.75, 3.05) is 6.54 Å². The van der Waals surface area contributed by atoms with Gasteiger partial charge in [0.25, 0.3) is 0 Å². The van der Waals surface area contributed by atoms with E-state index >= 15 is 0 Å². The molecule has 96 valence electrons. The van der Waals surface area contributed by atoms with Gasteiger partial charge >= 0.3 is 0 Å². The Kier molecular flexibility index (Phi) is 4.69. The Balaban J connectivity index is 2.04. The highest BCUT2D eigenvalue weighted by Crippen LogP contribution is 2.20. The van der Waals surface area contributed by atoms with Gasteiger partial charge in [0.2, 0.25) is 0 Å². The van der Waals surface area contributed by atoms with E-state index in [2.05, 4.69) is 29.4 Å². The number of benzene rings is 1. The summed E-state index contributed by atoms with van der Waals surface area (Å²) in [5.74, 6) is 0. The second-order valence-electron chi connectivity index (χ2n) is 4.12. The molecule has 0 saturated carbocycles. The maximum Gasteiger partial charge on any atom is 0.134 e. The Labute approximate surface area is 116 Å². The van der Waals surface area contributed by atoms with E-state index in [1.54, 1.807) is 11.3 Å². The molecule has 0 amide bonds. The molecule has 1 aromatic carbocycles. The summed E-state index contributed by atoms with van der Waals surface area (Å²) in [7, 11) is 0. The molecule has 0 fully saturated rings. The zero-order valence-electron chi connectivity index (χ0n) is 10.5. The number of halogens is 1. The van der Waals surface area contributed by atoms with Gasteiger partial charge in [-0.3, -0.25) is 0 Å². The second-order valence-corrected chi connectivity index (χ2v) is 5.65. The van der Waals surface area contributed by atoms with Gasteiger partial charge in [-0.05, 0) is 31.2 Å². The van der Waals surface area contributed by atoms with Crippen molar-refractivity contribution in [3.05, 3.63) is 44.9 Å². The smallest absolute Gasteiger partial charge is 0.134 e. The van der Waals surface area contributed by atoms with Gasteiger partial charge in [-0.15, -0.1) is 10.2 Å². The van der Waals surface area contributed by atoms with Gasteiger partial charge in [0.15, 0.2) is 0 Å². The summed E-state index contributed by atoms with van der Waals surface area (Å²) in [6, 6.07) is 8.13. The molecule has 1 atom stereocenters. The van der Waals surface area contributed by atoms with Crippen LogP contribution in [0.5, 0.6) is 0 Å². The Hall–Kier alpha value is -0.970. The fourth-order valence-electron chi connectivity index (χ4n) is 1.68. The van der Waals surface area contributed by atoms with Crippen molar-refractivity contribution in [2.24, 2.45) is 0 Å². The monoisotopic (exact) mass is 281 g/mol. The molecule has 3 nitrogen and oxygen atoms in total. The molecule has 5 heteroatoms. The van der Waals surface area contributed by atoms with Crippen LogP contribution in [0.25, 0.3) is 0 Å². The average Bonchev–Trinajstić information content (AvgIpc) is 2.81. The van der Waals surface area contributed by atoms with E-state index in [9.17, 15) is 0 Å². The summed E-state index contributed by atoms with van der Waals surface area (Å²) in [5, 5.41) is 14.6. The fraction of sp³-hybridized carbons (Fsp3) is 0.385. The quantitative estimate of drug-likeness (QED) is 0.912. The van der Waals surface area contributed by atoms with Crippen molar-refractivity contribution < 1.29 is 0 Å². The van der Waals surface area contributed by atoms with E-state index in [0.29, 0.717) is 0 Å². The van der Waals surface area contributed by atoms with E-state index in [-0.39, 0.29) is 6.04 Å². The fourth-order valence-corrected chi connectivity index (χ4v) is 2.71. The van der Waals surface area contributed by atoms with Crippen LogP contribution < -0.4 is 5.32 Å². The summed E-state index contributed by atoms with van der Waals surface area (Å²) >= 11 is 7.52. The number of nitrogens with zero attached hydrogens (tertiary/aromatic N) is 2. The minimum Gasteiger partial charge on any atom is -0.308 e. The van der Waals surface area contributed by atoms with Crippen LogP contribution in [0, 0.1) is 0 Å². The molecule has 0 aliphatic rings. The number of hydrogen-bond acceptors (Lipinski definition) is 4. The zero-order chi connectivity index (χ0) is 13.0. The summed E-state index contributed by atoms with van der Waals surface area (Å²) in [4.78, 5) is 0. The molecule has 0 bridgehead atoms. The van der Waals surface area contributed by atoms with E-state index in [1.807, 2.05) is 24.3 Å². The highest BCUT2D eigenvalue weighted by molar-refractivity contribution is 7.11. The lowest BCUT2D eigenvalue weighted by Gasteiger charge is -2.06. The van der Waals surface area contributed by atoms with Crippen molar-refractivity contribution in [3.63, 3.8) is 0 Å². The Morgan fingerprint density at radius 3 is 2.67 bits per heavy atom. The van der Waals surface area contributed by atoms with Gasteiger partial charge in [0, 0.05) is 11.4 Å². The predicted molar refractivity (Wildman–Crippen MR) is 76.3 cm³/mol. The maximum atomic E-state index is 5.86. The molecule has 1 aromatic heterocycles. The molecule has 2 aromatic rings. The Morgan fingerprint density at radius 2 is 2.00 bits per heavy atom. The lowest BCUT2D eigenvalue weighted by atomic mass is 10.2. The maximum absolute atomic E-state index is 5.86. The normalized spacial score (nSPS) is 12.6. The van der Waals surface area contributed by atoms with Crippen molar-refractivity contribution >= 4 is 22.9 Å². The third-order valence-corrected chi connectivity index (χ3v) is 3.99. The van der Waals surface area contributed by atoms with Crippen LogP contribution in [0.2, 0.25) is 5.02 Å². The average molecular weight is 282 g/mol. The summed E-state index contributed by atoms with van der Waals surface area (Å²) in [5.41, 5.74) is 1.21. The molecular formula is C13H16ClN3S. The molecule has 2 rings (SSSR count). The van der Waals surface area contributed by atoms with Gasteiger partial charge in [-0.2, -0.15) is 0 Å². The highest BCUT2D eigenvalue weighted by atomic mass is 35.5. The first kappa shape index (κ1) is 13.5. The highest BCUT2D eigenvalue weighted by Gasteiger charge is 2.10.